The molecule has 2 N–H and O–H groups in total. The normalized spacial score (nSPS) is 13.9. The first kappa shape index (κ1) is 13.6. The van der Waals surface area contributed by atoms with Crippen LogP contribution in [0.3, 0.4) is 0 Å². The van der Waals surface area contributed by atoms with Gasteiger partial charge in [0, 0.05) is 17.9 Å². The molecule has 2 aromatic carbocycles. The summed E-state index contributed by atoms with van der Waals surface area (Å²) in [4.78, 5) is 14.3. The minimum absolute atomic E-state index is 0.107. The highest BCUT2D eigenvalue weighted by Crippen LogP contribution is 2.32. The third-order valence-corrected chi connectivity index (χ3v) is 3.89. The summed E-state index contributed by atoms with van der Waals surface area (Å²) in [5.74, 6) is -0.782. The van der Waals surface area contributed by atoms with E-state index < -0.39 is 5.82 Å². The number of amides is 1. The summed E-state index contributed by atoms with van der Waals surface area (Å²) < 4.78 is 14.0. The third-order valence-electron chi connectivity index (χ3n) is 3.89. The zero-order valence-electron chi connectivity index (χ0n) is 11.9. The Hall–Kier alpha value is -2.36. The van der Waals surface area contributed by atoms with Crippen LogP contribution in [0.5, 0.6) is 0 Å². The minimum atomic E-state index is -0.476. The van der Waals surface area contributed by atoms with Crippen LogP contribution in [0.4, 0.5) is 15.8 Å². The van der Waals surface area contributed by atoms with Crippen LogP contribution in [0.2, 0.25) is 0 Å². The van der Waals surface area contributed by atoms with Gasteiger partial charge in [-0.3, -0.25) is 4.79 Å². The van der Waals surface area contributed by atoms with Crippen LogP contribution in [0.15, 0.2) is 36.4 Å². The fourth-order valence-corrected chi connectivity index (χ4v) is 2.80. The van der Waals surface area contributed by atoms with Crippen LogP contribution in [0, 0.1) is 12.7 Å². The van der Waals surface area contributed by atoms with Crippen LogP contribution < -0.4 is 10.6 Å². The predicted molar refractivity (Wildman–Crippen MR) is 82.0 cm³/mol. The van der Waals surface area contributed by atoms with E-state index in [9.17, 15) is 9.18 Å². The van der Waals surface area contributed by atoms with Crippen LogP contribution in [-0.4, -0.2) is 12.5 Å². The van der Waals surface area contributed by atoms with E-state index in [1.807, 2.05) is 18.2 Å². The number of hydrogen-bond acceptors (Lipinski definition) is 2. The standard InChI is InChI=1S/C17H17FN2O/c1-11-7-8-12(14(18)10-11)17(21)20-9-3-4-13-15(19)5-2-6-16(13)20/h2,5-8,10H,3-4,9,19H2,1H3. The SMILES string of the molecule is Cc1ccc(C(=O)N2CCCc3c(N)cccc32)c(F)c1. The van der Waals surface area contributed by atoms with Crippen molar-refractivity contribution < 1.29 is 9.18 Å². The number of hydrogen-bond donors (Lipinski definition) is 1. The fourth-order valence-electron chi connectivity index (χ4n) is 2.80. The summed E-state index contributed by atoms with van der Waals surface area (Å²) in [6.07, 6.45) is 1.68. The number of nitrogens with zero attached hydrogens (tertiary/aromatic N) is 1. The maximum absolute atomic E-state index is 14.0. The second kappa shape index (κ2) is 5.20. The van der Waals surface area contributed by atoms with Crippen LogP contribution in [-0.2, 0) is 6.42 Å². The number of rotatable bonds is 1. The number of benzene rings is 2. The van der Waals surface area contributed by atoms with E-state index in [0.717, 1.165) is 29.7 Å². The number of fused-ring (bicyclic) bond motifs is 1. The van der Waals surface area contributed by atoms with Gasteiger partial charge in [0.15, 0.2) is 0 Å². The van der Waals surface area contributed by atoms with E-state index in [2.05, 4.69) is 0 Å². The molecule has 4 heteroatoms. The highest BCUT2D eigenvalue weighted by molar-refractivity contribution is 6.07. The Balaban J connectivity index is 2.02. The van der Waals surface area contributed by atoms with Gasteiger partial charge >= 0.3 is 0 Å². The summed E-state index contributed by atoms with van der Waals surface area (Å²) in [6.45, 7) is 2.39. The Morgan fingerprint density at radius 2 is 2.10 bits per heavy atom. The molecule has 108 valence electrons. The molecule has 2 aromatic rings. The van der Waals surface area contributed by atoms with Crippen LogP contribution in [0.25, 0.3) is 0 Å². The third kappa shape index (κ3) is 2.37. The van der Waals surface area contributed by atoms with Gasteiger partial charge in [0.2, 0.25) is 0 Å². The van der Waals surface area contributed by atoms with Crippen molar-refractivity contribution in [3.63, 3.8) is 0 Å². The van der Waals surface area contributed by atoms with Crippen molar-refractivity contribution in [3.05, 3.63) is 58.9 Å². The lowest BCUT2D eigenvalue weighted by molar-refractivity contribution is 0.0981. The lowest BCUT2D eigenvalue weighted by atomic mass is 9.99. The highest BCUT2D eigenvalue weighted by Gasteiger charge is 2.26. The lowest BCUT2D eigenvalue weighted by Crippen LogP contribution is -2.36. The molecule has 21 heavy (non-hydrogen) atoms. The molecule has 1 heterocycles. The molecule has 1 aliphatic rings. The molecule has 3 rings (SSSR count). The molecule has 3 nitrogen and oxygen atoms in total. The second-order valence-electron chi connectivity index (χ2n) is 5.39. The van der Waals surface area contributed by atoms with Gasteiger partial charge in [-0.2, -0.15) is 0 Å². The Kier molecular flexibility index (Phi) is 3.37. The van der Waals surface area contributed by atoms with Crippen molar-refractivity contribution in [3.8, 4) is 0 Å². The first-order valence-corrected chi connectivity index (χ1v) is 7.03. The Bertz CT molecular complexity index is 712. The summed E-state index contributed by atoms with van der Waals surface area (Å²) >= 11 is 0. The molecular weight excluding hydrogens is 267 g/mol. The molecule has 0 fully saturated rings. The maximum atomic E-state index is 14.0. The average molecular weight is 284 g/mol. The number of nitrogens with two attached hydrogens (primary N) is 1. The highest BCUT2D eigenvalue weighted by atomic mass is 19.1. The van der Waals surface area contributed by atoms with Gasteiger partial charge < -0.3 is 10.6 Å². The Labute approximate surface area is 123 Å². The topological polar surface area (TPSA) is 46.3 Å². The summed E-state index contributed by atoms with van der Waals surface area (Å²) in [7, 11) is 0. The van der Waals surface area contributed by atoms with Gasteiger partial charge in [-0.05, 0) is 55.2 Å². The van der Waals surface area contributed by atoms with Gasteiger partial charge in [0.1, 0.15) is 5.82 Å². The molecule has 0 atom stereocenters. The van der Waals surface area contributed by atoms with E-state index in [1.165, 1.54) is 6.07 Å². The van der Waals surface area contributed by atoms with Gasteiger partial charge in [0.25, 0.3) is 5.91 Å². The van der Waals surface area contributed by atoms with Crippen molar-refractivity contribution in [2.45, 2.75) is 19.8 Å². The minimum Gasteiger partial charge on any atom is -0.398 e. The van der Waals surface area contributed by atoms with E-state index >= 15 is 0 Å². The molecule has 1 amide bonds. The molecular formula is C17H17FN2O. The first-order valence-electron chi connectivity index (χ1n) is 7.03. The van der Waals surface area contributed by atoms with E-state index in [4.69, 9.17) is 5.73 Å². The first-order chi connectivity index (χ1) is 10.1. The second-order valence-corrected chi connectivity index (χ2v) is 5.39. The molecule has 0 radical (unpaired) electrons. The molecule has 0 saturated carbocycles. The average Bonchev–Trinajstić information content (AvgIpc) is 2.46. The number of carbonyl (C=O) groups excluding carboxylic acids is 1. The predicted octanol–water partition coefficient (Wildman–Crippen LogP) is 3.31. The van der Waals surface area contributed by atoms with Crippen molar-refractivity contribution >= 4 is 17.3 Å². The van der Waals surface area contributed by atoms with Gasteiger partial charge in [-0.25, -0.2) is 4.39 Å². The zero-order valence-corrected chi connectivity index (χ0v) is 11.9. The number of nitrogen functional groups attached to an aromatic ring is 1. The summed E-state index contributed by atoms with van der Waals surface area (Å²) in [6, 6.07) is 10.2. The molecule has 0 unspecified atom stereocenters. The van der Waals surface area contributed by atoms with E-state index in [0.29, 0.717) is 12.2 Å². The quantitative estimate of drug-likeness (QED) is 0.817. The van der Waals surface area contributed by atoms with Gasteiger partial charge in [-0.15, -0.1) is 0 Å². The molecule has 0 aromatic heterocycles. The lowest BCUT2D eigenvalue weighted by Gasteiger charge is -2.30. The van der Waals surface area contributed by atoms with Crippen molar-refractivity contribution in [1.29, 1.82) is 0 Å². The number of anilines is 2. The monoisotopic (exact) mass is 284 g/mol. The summed E-state index contributed by atoms with van der Waals surface area (Å²) in [5, 5.41) is 0. The summed E-state index contributed by atoms with van der Waals surface area (Å²) in [5.41, 5.74) is 9.35. The van der Waals surface area contributed by atoms with Crippen LogP contribution >= 0.6 is 0 Å². The molecule has 0 bridgehead atoms. The largest absolute Gasteiger partial charge is 0.398 e. The van der Waals surface area contributed by atoms with E-state index in [-0.39, 0.29) is 11.5 Å². The van der Waals surface area contributed by atoms with Crippen molar-refractivity contribution in [1.82, 2.24) is 0 Å². The zero-order chi connectivity index (χ0) is 15.0. The number of aryl methyl sites for hydroxylation is 1. The number of halogens is 1. The molecule has 0 aliphatic carbocycles. The molecule has 1 aliphatic heterocycles. The molecule has 0 spiro atoms. The van der Waals surface area contributed by atoms with Crippen LogP contribution in [0.1, 0.15) is 27.9 Å². The smallest absolute Gasteiger partial charge is 0.261 e. The van der Waals surface area contributed by atoms with Gasteiger partial charge in [-0.1, -0.05) is 12.1 Å². The fraction of sp³-hybridized carbons (Fsp3) is 0.235. The van der Waals surface area contributed by atoms with Crippen molar-refractivity contribution in [2.24, 2.45) is 0 Å². The Morgan fingerprint density at radius 1 is 1.29 bits per heavy atom. The van der Waals surface area contributed by atoms with Crippen molar-refractivity contribution in [2.75, 3.05) is 17.2 Å². The van der Waals surface area contributed by atoms with Gasteiger partial charge in [0.05, 0.1) is 5.56 Å². The number of carbonyl (C=O) groups is 1. The maximum Gasteiger partial charge on any atom is 0.261 e. The van der Waals surface area contributed by atoms with E-state index in [1.54, 1.807) is 24.0 Å². The molecule has 0 saturated heterocycles. The Morgan fingerprint density at radius 3 is 2.86 bits per heavy atom.